The van der Waals surface area contributed by atoms with Crippen LogP contribution in [0.15, 0.2) is 0 Å². The Labute approximate surface area is 105 Å². The van der Waals surface area contributed by atoms with Crippen molar-refractivity contribution in [3.05, 3.63) is 0 Å². The number of nitrogens with one attached hydrogen (secondary N) is 1. The van der Waals surface area contributed by atoms with E-state index in [1.807, 2.05) is 6.92 Å². The van der Waals surface area contributed by atoms with Crippen LogP contribution in [0.3, 0.4) is 0 Å². The summed E-state index contributed by atoms with van der Waals surface area (Å²) in [5.74, 6) is -0.433. The topological polar surface area (TPSA) is 69.6 Å². The largest absolute Gasteiger partial charge is 0.480 e. The highest BCUT2D eigenvalue weighted by Crippen LogP contribution is 2.29. The van der Waals surface area contributed by atoms with Crippen LogP contribution in [0.1, 0.15) is 32.6 Å². The molecule has 1 aliphatic carbocycles. The second-order valence-electron chi connectivity index (χ2n) is 4.62. The number of thioether (sulfide) groups is 1. The fraction of sp³-hybridized carbons (Fsp3) is 0.818. The Morgan fingerprint density at radius 3 is 2.59 bits per heavy atom. The highest BCUT2D eigenvalue weighted by atomic mass is 32.2. The Morgan fingerprint density at radius 2 is 2.00 bits per heavy atom. The first kappa shape index (κ1) is 12.5. The van der Waals surface area contributed by atoms with E-state index >= 15 is 0 Å². The molecule has 2 amide bonds. The molecule has 1 aliphatic heterocycles. The van der Waals surface area contributed by atoms with Crippen molar-refractivity contribution < 1.29 is 14.7 Å². The van der Waals surface area contributed by atoms with Crippen molar-refractivity contribution in [3.63, 3.8) is 0 Å². The number of carbonyl (C=O) groups excluding carboxylic acids is 1. The molecule has 0 spiro atoms. The lowest BCUT2D eigenvalue weighted by Gasteiger charge is -2.27. The van der Waals surface area contributed by atoms with Crippen molar-refractivity contribution in [2.24, 2.45) is 0 Å². The summed E-state index contributed by atoms with van der Waals surface area (Å²) in [5, 5.41) is 12.0. The summed E-state index contributed by atoms with van der Waals surface area (Å²) < 4.78 is 0. The minimum Gasteiger partial charge on any atom is -0.480 e. The maximum Gasteiger partial charge on any atom is 0.327 e. The van der Waals surface area contributed by atoms with Gasteiger partial charge in [0.25, 0.3) is 0 Å². The Hall–Kier alpha value is -0.910. The second-order valence-corrected chi connectivity index (χ2v) is 5.97. The zero-order valence-corrected chi connectivity index (χ0v) is 10.7. The molecule has 96 valence electrons. The molecule has 2 fully saturated rings. The van der Waals surface area contributed by atoms with Crippen LogP contribution < -0.4 is 5.32 Å². The molecular weight excluding hydrogens is 240 g/mol. The number of carboxylic acid groups (broad SMARTS) is 1. The van der Waals surface area contributed by atoms with Crippen molar-refractivity contribution in [1.29, 1.82) is 0 Å². The third-order valence-electron chi connectivity index (χ3n) is 3.43. The predicted octanol–water partition coefficient (Wildman–Crippen LogP) is 1.49. The SMILES string of the molecule is CC1SCC(C(=O)O)N1C(=O)NC1CCCC1. The van der Waals surface area contributed by atoms with Crippen LogP contribution in [0.5, 0.6) is 0 Å². The molecule has 0 bridgehead atoms. The number of carboxylic acids is 1. The summed E-state index contributed by atoms with van der Waals surface area (Å²) in [6, 6.07) is -0.673. The van der Waals surface area contributed by atoms with Gasteiger partial charge in [-0.2, -0.15) is 0 Å². The molecule has 6 heteroatoms. The van der Waals surface area contributed by atoms with E-state index < -0.39 is 12.0 Å². The van der Waals surface area contributed by atoms with Crippen LogP contribution in [0.4, 0.5) is 4.79 Å². The molecule has 2 unspecified atom stereocenters. The van der Waals surface area contributed by atoms with E-state index in [1.165, 1.54) is 16.7 Å². The molecule has 1 saturated heterocycles. The summed E-state index contributed by atoms with van der Waals surface area (Å²) in [5.41, 5.74) is 0. The van der Waals surface area contributed by atoms with Gasteiger partial charge >= 0.3 is 12.0 Å². The quantitative estimate of drug-likeness (QED) is 0.787. The number of carbonyl (C=O) groups is 2. The van der Waals surface area contributed by atoms with Gasteiger partial charge in [0, 0.05) is 11.8 Å². The van der Waals surface area contributed by atoms with E-state index in [0.29, 0.717) is 5.75 Å². The van der Waals surface area contributed by atoms with Crippen LogP contribution in [-0.4, -0.2) is 45.2 Å². The average molecular weight is 258 g/mol. The number of rotatable bonds is 2. The van der Waals surface area contributed by atoms with Crippen LogP contribution in [-0.2, 0) is 4.79 Å². The van der Waals surface area contributed by atoms with E-state index in [0.717, 1.165) is 25.7 Å². The zero-order valence-electron chi connectivity index (χ0n) is 9.89. The molecule has 5 nitrogen and oxygen atoms in total. The van der Waals surface area contributed by atoms with E-state index in [9.17, 15) is 9.59 Å². The number of urea groups is 1. The number of nitrogens with zero attached hydrogens (tertiary/aromatic N) is 1. The molecule has 17 heavy (non-hydrogen) atoms. The molecule has 2 rings (SSSR count). The number of amides is 2. The van der Waals surface area contributed by atoms with Crippen molar-refractivity contribution in [2.75, 3.05) is 5.75 Å². The summed E-state index contributed by atoms with van der Waals surface area (Å²) in [4.78, 5) is 24.6. The molecule has 2 aliphatic rings. The van der Waals surface area contributed by atoms with Crippen LogP contribution in [0.25, 0.3) is 0 Å². The Morgan fingerprint density at radius 1 is 1.35 bits per heavy atom. The lowest BCUT2D eigenvalue weighted by Crippen LogP contribution is -2.51. The minimum absolute atomic E-state index is 0.0579. The van der Waals surface area contributed by atoms with Crippen molar-refractivity contribution in [2.45, 2.75) is 50.1 Å². The Kier molecular flexibility index (Phi) is 3.81. The van der Waals surface area contributed by atoms with Gasteiger partial charge in [-0.3, -0.25) is 4.90 Å². The summed E-state index contributed by atoms with van der Waals surface area (Å²) in [6.45, 7) is 1.88. The van der Waals surface area contributed by atoms with Gasteiger partial charge < -0.3 is 10.4 Å². The van der Waals surface area contributed by atoms with Gasteiger partial charge in [0.15, 0.2) is 0 Å². The average Bonchev–Trinajstić information content (AvgIpc) is 2.86. The molecule has 0 aromatic carbocycles. The van der Waals surface area contributed by atoms with Crippen molar-refractivity contribution >= 4 is 23.8 Å². The maximum atomic E-state index is 12.1. The standard InChI is InChI=1S/C11H18N2O3S/c1-7-13(9(6-17-7)10(14)15)11(16)12-8-4-2-3-5-8/h7-9H,2-6H2,1H3,(H,12,16)(H,14,15). The summed E-state index contributed by atoms with van der Waals surface area (Å²) >= 11 is 1.51. The molecule has 2 N–H and O–H groups in total. The first-order valence-corrected chi connectivity index (χ1v) is 7.07. The molecular formula is C11H18N2O3S. The van der Waals surface area contributed by atoms with Gasteiger partial charge in [-0.25, -0.2) is 9.59 Å². The normalized spacial score (nSPS) is 29.6. The smallest absolute Gasteiger partial charge is 0.327 e. The lowest BCUT2D eigenvalue weighted by atomic mass is 10.2. The van der Waals surface area contributed by atoms with Gasteiger partial charge in [0.2, 0.25) is 0 Å². The second kappa shape index (κ2) is 5.16. The van der Waals surface area contributed by atoms with E-state index in [4.69, 9.17) is 5.11 Å². The van der Waals surface area contributed by atoms with Gasteiger partial charge in [-0.1, -0.05) is 12.8 Å². The van der Waals surface area contributed by atoms with Gasteiger partial charge in [-0.15, -0.1) is 11.8 Å². The van der Waals surface area contributed by atoms with Crippen LogP contribution in [0.2, 0.25) is 0 Å². The van der Waals surface area contributed by atoms with Gasteiger partial charge in [0.05, 0.1) is 5.37 Å². The number of hydrogen-bond acceptors (Lipinski definition) is 3. The third-order valence-corrected chi connectivity index (χ3v) is 4.64. The minimum atomic E-state index is -0.913. The Balaban J connectivity index is 1.98. The third kappa shape index (κ3) is 2.68. The van der Waals surface area contributed by atoms with Crippen molar-refractivity contribution in [3.8, 4) is 0 Å². The first-order chi connectivity index (χ1) is 8.09. The van der Waals surface area contributed by atoms with E-state index in [2.05, 4.69) is 5.32 Å². The highest BCUT2D eigenvalue weighted by molar-refractivity contribution is 8.00. The monoisotopic (exact) mass is 258 g/mol. The molecule has 1 saturated carbocycles. The van der Waals surface area contributed by atoms with E-state index in [-0.39, 0.29) is 17.4 Å². The molecule has 1 heterocycles. The van der Waals surface area contributed by atoms with Gasteiger partial charge in [-0.05, 0) is 19.8 Å². The van der Waals surface area contributed by atoms with Gasteiger partial charge in [0.1, 0.15) is 6.04 Å². The van der Waals surface area contributed by atoms with Crippen molar-refractivity contribution in [1.82, 2.24) is 10.2 Å². The Bertz CT molecular complexity index is 318. The summed E-state index contributed by atoms with van der Waals surface area (Å²) in [7, 11) is 0. The van der Waals surface area contributed by atoms with Crippen LogP contribution >= 0.6 is 11.8 Å². The highest BCUT2D eigenvalue weighted by Gasteiger charge is 2.40. The first-order valence-electron chi connectivity index (χ1n) is 6.03. The maximum absolute atomic E-state index is 12.1. The molecule has 0 aromatic rings. The fourth-order valence-corrected chi connectivity index (χ4v) is 3.63. The fourth-order valence-electron chi connectivity index (χ4n) is 2.46. The molecule has 2 atom stereocenters. The molecule has 0 aromatic heterocycles. The lowest BCUT2D eigenvalue weighted by molar-refractivity contribution is -0.141. The predicted molar refractivity (Wildman–Crippen MR) is 66.0 cm³/mol. The number of aliphatic carboxylic acids is 1. The van der Waals surface area contributed by atoms with Crippen LogP contribution in [0, 0.1) is 0 Å². The number of hydrogen-bond donors (Lipinski definition) is 2. The van der Waals surface area contributed by atoms with E-state index in [1.54, 1.807) is 0 Å². The zero-order chi connectivity index (χ0) is 12.4. The summed E-state index contributed by atoms with van der Waals surface area (Å²) in [6.07, 6.45) is 4.33. The molecule has 0 radical (unpaired) electrons.